The SMILES string of the molecule is Cc1noc(C)c1CN1CCC[C@H](C(=O)Nc2cnccn2)C1. The lowest BCUT2D eigenvalue weighted by Crippen LogP contribution is -2.40. The van der Waals surface area contributed by atoms with Crippen molar-refractivity contribution in [3.05, 3.63) is 35.6 Å². The van der Waals surface area contributed by atoms with Crippen molar-refractivity contribution in [1.29, 1.82) is 0 Å². The van der Waals surface area contributed by atoms with Crippen molar-refractivity contribution >= 4 is 11.7 Å². The van der Waals surface area contributed by atoms with E-state index in [1.54, 1.807) is 18.6 Å². The van der Waals surface area contributed by atoms with E-state index in [9.17, 15) is 4.79 Å². The van der Waals surface area contributed by atoms with Gasteiger partial charge in [-0.2, -0.15) is 0 Å². The first-order chi connectivity index (χ1) is 11.1. The molecule has 1 fully saturated rings. The average molecular weight is 315 g/mol. The summed E-state index contributed by atoms with van der Waals surface area (Å²) in [7, 11) is 0. The van der Waals surface area contributed by atoms with Crippen molar-refractivity contribution in [2.75, 3.05) is 18.4 Å². The highest BCUT2D eigenvalue weighted by Gasteiger charge is 2.27. The fourth-order valence-corrected chi connectivity index (χ4v) is 2.96. The Morgan fingerprint density at radius 1 is 1.43 bits per heavy atom. The summed E-state index contributed by atoms with van der Waals surface area (Å²) in [5.41, 5.74) is 2.05. The number of nitrogens with zero attached hydrogens (tertiary/aromatic N) is 4. The molecule has 7 nitrogen and oxygen atoms in total. The number of aryl methyl sites for hydroxylation is 2. The van der Waals surface area contributed by atoms with Crippen LogP contribution in [0.4, 0.5) is 5.82 Å². The molecule has 1 atom stereocenters. The van der Waals surface area contributed by atoms with Gasteiger partial charge in [0.05, 0.1) is 17.8 Å². The summed E-state index contributed by atoms with van der Waals surface area (Å²) in [6.07, 6.45) is 6.61. The van der Waals surface area contributed by atoms with Crippen molar-refractivity contribution in [3.63, 3.8) is 0 Å². The summed E-state index contributed by atoms with van der Waals surface area (Å²) in [6.45, 7) is 6.37. The molecule has 3 heterocycles. The number of nitrogens with one attached hydrogen (secondary N) is 1. The van der Waals surface area contributed by atoms with Gasteiger partial charge >= 0.3 is 0 Å². The maximum atomic E-state index is 12.4. The van der Waals surface area contributed by atoms with Gasteiger partial charge in [-0.3, -0.25) is 14.7 Å². The van der Waals surface area contributed by atoms with Crippen LogP contribution in [0.3, 0.4) is 0 Å². The first-order valence-electron chi connectivity index (χ1n) is 7.84. The molecule has 0 spiro atoms. The van der Waals surface area contributed by atoms with Gasteiger partial charge in [-0.1, -0.05) is 5.16 Å². The molecule has 1 saturated heterocycles. The highest BCUT2D eigenvalue weighted by molar-refractivity contribution is 5.91. The number of piperidine rings is 1. The van der Waals surface area contributed by atoms with Crippen molar-refractivity contribution in [2.24, 2.45) is 5.92 Å². The first-order valence-corrected chi connectivity index (χ1v) is 7.84. The smallest absolute Gasteiger partial charge is 0.229 e. The lowest BCUT2D eigenvalue weighted by molar-refractivity contribution is -0.121. The Morgan fingerprint density at radius 2 is 2.30 bits per heavy atom. The largest absolute Gasteiger partial charge is 0.361 e. The molecule has 1 aliphatic heterocycles. The number of hydrogen-bond acceptors (Lipinski definition) is 6. The standard InChI is InChI=1S/C16H21N5O2/c1-11-14(12(2)23-20-11)10-21-7-3-4-13(9-21)16(22)19-15-8-17-5-6-18-15/h5-6,8,13H,3-4,7,9-10H2,1-2H3,(H,18,19,22)/t13-/m0/s1. The van der Waals surface area contributed by atoms with Crippen molar-refractivity contribution in [1.82, 2.24) is 20.0 Å². The number of aromatic nitrogens is 3. The monoisotopic (exact) mass is 315 g/mol. The Labute approximate surface area is 135 Å². The number of carbonyl (C=O) groups excluding carboxylic acids is 1. The number of amides is 1. The quantitative estimate of drug-likeness (QED) is 0.928. The molecule has 0 bridgehead atoms. The molecular weight excluding hydrogens is 294 g/mol. The summed E-state index contributed by atoms with van der Waals surface area (Å²) >= 11 is 0. The predicted molar refractivity (Wildman–Crippen MR) is 84.6 cm³/mol. The van der Waals surface area contributed by atoms with Crippen LogP contribution in [-0.2, 0) is 11.3 Å². The van der Waals surface area contributed by atoms with E-state index in [2.05, 4.69) is 25.3 Å². The Bertz CT molecular complexity index is 651. The van der Waals surface area contributed by atoms with Gasteiger partial charge in [0.15, 0.2) is 5.82 Å². The summed E-state index contributed by atoms with van der Waals surface area (Å²) in [4.78, 5) is 22.8. The van der Waals surface area contributed by atoms with E-state index in [0.717, 1.165) is 49.5 Å². The molecule has 23 heavy (non-hydrogen) atoms. The normalized spacial score (nSPS) is 18.8. The third-order valence-electron chi connectivity index (χ3n) is 4.25. The Balaban J connectivity index is 1.61. The molecule has 2 aromatic heterocycles. The van der Waals surface area contributed by atoms with Crippen LogP contribution in [-0.4, -0.2) is 39.0 Å². The molecule has 0 aliphatic carbocycles. The molecular formula is C16H21N5O2. The third-order valence-corrected chi connectivity index (χ3v) is 4.25. The minimum Gasteiger partial charge on any atom is -0.361 e. The second-order valence-corrected chi connectivity index (χ2v) is 5.96. The van der Waals surface area contributed by atoms with E-state index in [4.69, 9.17) is 4.52 Å². The first kappa shape index (κ1) is 15.6. The number of carbonyl (C=O) groups is 1. The zero-order valence-corrected chi connectivity index (χ0v) is 13.5. The molecule has 1 aliphatic rings. The highest BCUT2D eigenvalue weighted by Crippen LogP contribution is 2.22. The summed E-state index contributed by atoms with van der Waals surface area (Å²) < 4.78 is 5.22. The van der Waals surface area contributed by atoms with Crippen molar-refractivity contribution in [3.8, 4) is 0 Å². The lowest BCUT2D eigenvalue weighted by Gasteiger charge is -2.31. The number of anilines is 1. The van der Waals surface area contributed by atoms with E-state index >= 15 is 0 Å². The van der Waals surface area contributed by atoms with Gasteiger partial charge in [0.2, 0.25) is 5.91 Å². The van der Waals surface area contributed by atoms with Crippen LogP contribution in [0.25, 0.3) is 0 Å². The van der Waals surface area contributed by atoms with Gasteiger partial charge in [-0.05, 0) is 33.2 Å². The Kier molecular flexibility index (Phi) is 4.66. The van der Waals surface area contributed by atoms with Crippen LogP contribution in [0.5, 0.6) is 0 Å². The zero-order chi connectivity index (χ0) is 16.2. The van der Waals surface area contributed by atoms with Crippen LogP contribution in [0, 0.1) is 19.8 Å². The van der Waals surface area contributed by atoms with Crippen LogP contribution in [0.2, 0.25) is 0 Å². The average Bonchev–Trinajstić information content (AvgIpc) is 2.88. The molecule has 0 saturated carbocycles. The molecule has 1 N–H and O–H groups in total. The van der Waals surface area contributed by atoms with E-state index in [1.165, 1.54) is 0 Å². The Morgan fingerprint density at radius 3 is 3.00 bits per heavy atom. The number of likely N-dealkylation sites (tertiary alicyclic amines) is 1. The van der Waals surface area contributed by atoms with Gasteiger partial charge in [0.1, 0.15) is 5.76 Å². The van der Waals surface area contributed by atoms with Crippen LogP contribution in [0.1, 0.15) is 29.9 Å². The van der Waals surface area contributed by atoms with Crippen LogP contribution in [0.15, 0.2) is 23.1 Å². The topological polar surface area (TPSA) is 84.2 Å². The lowest BCUT2D eigenvalue weighted by atomic mass is 9.96. The van der Waals surface area contributed by atoms with Gasteiger partial charge < -0.3 is 9.84 Å². The van der Waals surface area contributed by atoms with E-state index < -0.39 is 0 Å². The Hall–Kier alpha value is -2.28. The molecule has 0 radical (unpaired) electrons. The molecule has 0 aromatic carbocycles. The van der Waals surface area contributed by atoms with Crippen LogP contribution >= 0.6 is 0 Å². The van der Waals surface area contributed by atoms with Gasteiger partial charge in [-0.25, -0.2) is 4.98 Å². The van der Waals surface area contributed by atoms with Gasteiger partial charge in [0, 0.05) is 31.0 Å². The molecule has 1 amide bonds. The minimum atomic E-state index is -0.0359. The van der Waals surface area contributed by atoms with E-state index in [1.807, 2.05) is 13.8 Å². The molecule has 7 heteroatoms. The number of rotatable bonds is 4. The van der Waals surface area contributed by atoms with E-state index in [0.29, 0.717) is 5.82 Å². The number of hydrogen-bond donors (Lipinski definition) is 1. The maximum absolute atomic E-state index is 12.4. The van der Waals surface area contributed by atoms with Gasteiger partial charge in [0.25, 0.3) is 0 Å². The molecule has 2 aromatic rings. The van der Waals surface area contributed by atoms with Crippen LogP contribution < -0.4 is 5.32 Å². The van der Waals surface area contributed by atoms with Crippen molar-refractivity contribution in [2.45, 2.75) is 33.2 Å². The summed E-state index contributed by atoms with van der Waals surface area (Å²) in [5.74, 6) is 1.33. The summed E-state index contributed by atoms with van der Waals surface area (Å²) in [5, 5.41) is 6.84. The highest BCUT2D eigenvalue weighted by atomic mass is 16.5. The van der Waals surface area contributed by atoms with Gasteiger partial charge in [-0.15, -0.1) is 0 Å². The maximum Gasteiger partial charge on any atom is 0.229 e. The minimum absolute atomic E-state index is 0.00830. The second-order valence-electron chi connectivity index (χ2n) is 5.96. The molecule has 3 rings (SSSR count). The molecule has 122 valence electrons. The zero-order valence-electron chi connectivity index (χ0n) is 13.5. The third kappa shape index (κ3) is 3.73. The second kappa shape index (κ2) is 6.87. The van der Waals surface area contributed by atoms with E-state index in [-0.39, 0.29) is 11.8 Å². The summed E-state index contributed by atoms with van der Waals surface area (Å²) in [6, 6.07) is 0. The van der Waals surface area contributed by atoms with Crippen molar-refractivity contribution < 1.29 is 9.32 Å². The molecule has 0 unspecified atom stereocenters. The predicted octanol–water partition coefficient (Wildman–Crippen LogP) is 1.93. The fourth-order valence-electron chi connectivity index (χ4n) is 2.96. The fraction of sp³-hybridized carbons (Fsp3) is 0.500.